The van der Waals surface area contributed by atoms with Crippen LogP contribution in [0.25, 0.3) is 0 Å². The van der Waals surface area contributed by atoms with Gasteiger partial charge in [0.2, 0.25) is 17.8 Å². The van der Waals surface area contributed by atoms with Crippen molar-refractivity contribution in [2.75, 3.05) is 29.2 Å². The summed E-state index contributed by atoms with van der Waals surface area (Å²) in [6.07, 6.45) is 10.2. The molecular formula is C17H32N6O2S. The lowest BCUT2D eigenvalue weighted by atomic mass is 9.95. The van der Waals surface area contributed by atoms with E-state index in [4.69, 9.17) is 5.73 Å². The minimum absolute atomic E-state index is 0.164. The van der Waals surface area contributed by atoms with Crippen LogP contribution in [0.5, 0.6) is 0 Å². The molecular weight excluding hydrogens is 352 g/mol. The van der Waals surface area contributed by atoms with Crippen LogP contribution in [0.1, 0.15) is 64.7 Å². The number of nitrogen functional groups attached to an aromatic ring is 1. The number of anilines is 3. The number of unbranched alkanes of at least 4 members (excludes halogenated alkanes) is 4. The third-order valence-electron chi connectivity index (χ3n) is 4.83. The highest BCUT2D eigenvalue weighted by atomic mass is 32.2. The van der Waals surface area contributed by atoms with Gasteiger partial charge in [0, 0.05) is 18.8 Å². The minimum Gasteiger partial charge on any atom is -0.368 e. The Morgan fingerprint density at radius 2 is 1.65 bits per heavy atom. The van der Waals surface area contributed by atoms with Crippen LogP contribution >= 0.6 is 0 Å². The molecule has 148 valence electrons. The number of nitrogens with two attached hydrogens (primary N) is 1. The van der Waals surface area contributed by atoms with Gasteiger partial charge in [-0.2, -0.15) is 15.0 Å². The lowest BCUT2D eigenvalue weighted by Gasteiger charge is -2.28. The van der Waals surface area contributed by atoms with Crippen LogP contribution < -0.4 is 16.4 Å². The predicted molar refractivity (Wildman–Crippen MR) is 106 cm³/mol. The topological polar surface area (TPSA) is 123 Å². The standard InChI is InChI=1S/C17H32N6O2S/c1-3-4-5-6-7-12-19-16-21-15(18)22-17(23-16)20-13-8-10-14(11-9-13)26(2,24)25/h13-14H,3-12H2,1-2H3,(H4,18,19,20,21,22,23). The summed E-state index contributed by atoms with van der Waals surface area (Å²) in [6, 6.07) is 0.164. The monoisotopic (exact) mass is 384 g/mol. The summed E-state index contributed by atoms with van der Waals surface area (Å²) in [7, 11) is -2.95. The first kappa shape index (κ1) is 20.7. The predicted octanol–water partition coefficient (Wildman–Crippen LogP) is 2.60. The van der Waals surface area contributed by atoms with Crippen molar-refractivity contribution in [3.63, 3.8) is 0 Å². The van der Waals surface area contributed by atoms with E-state index in [-0.39, 0.29) is 17.2 Å². The fourth-order valence-corrected chi connectivity index (χ4v) is 4.41. The zero-order valence-corrected chi connectivity index (χ0v) is 16.7. The Bertz CT molecular complexity index is 659. The Kier molecular flexibility index (Phi) is 7.86. The number of aromatic nitrogens is 3. The molecule has 0 atom stereocenters. The number of nitrogens with one attached hydrogen (secondary N) is 2. The van der Waals surface area contributed by atoms with E-state index < -0.39 is 9.84 Å². The maximum Gasteiger partial charge on any atom is 0.229 e. The second-order valence-electron chi connectivity index (χ2n) is 7.13. The summed E-state index contributed by atoms with van der Waals surface area (Å²) in [6.45, 7) is 3.01. The van der Waals surface area contributed by atoms with Crippen molar-refractivity contribution in [3.8, 4) is 0 Å². The quantitative estimate of drug-likeness (QED) is 0.526. The van der Waals surface area contributed by atoms with Crippen LogP contribution in [-0.2, 0) is 9.84 Å². The first-order valence-corrected chi connectivity index (χ1v) is 11.5. The van der Waals surface area contributed by atoms with Crippen molar-refractivity contribution in [2.24, 2.45) is 0 Å². The number of rotatable bonds is 10. The smallest absolute Gasteiger partial charge is 0.229 e. The third kappa shape index (κ3) is 6.93. The maximum atomic E-state index is 11.6. The van der Waals surface area contributed by atoms with Crippen LogP contribution in [0.4, 0.5) is 17.8 Å². The molecule has 0 radical (unpaired) electrons. The highest BCUT2D eigenvalue weighted by molar-refractivity contribution is 7.91. The molecule has 1 heterocycles. The van der Waals surface area contributed by atoms with Crippen LogP contribution in [0, 0.1) is 0 Å². The Morgan fingerprint density at radius 3 is 2.31 bits per heavy atom. The van der Waals surface area contributed by atoms with Crippen molar-refractivity contribution >= 4 is 27.7 Å². The van der Waals surface area contributed by atoms with Gasteiger partial charge >= 0.3 is 0 Å². The Morgan fingerprint density at radius 1 is 1.00 bits per heavy atom. The summed E-state index contributed by atoms with van der Waals surface area (Å²) < 4.78 is 23.3. The van der Waals surface area contributed by atoms with Crippen molar-refractivity contribution in [2.45, 2.75) is 76.0 Å². The van der Waals surface area contributed by atoms with Gasteiger partial charge < -0.3 is 16.4 Å². The number of hydrogen-bond donors (Lipinski definition) is 3. The normalized spacial score (nSPS) is 20.7. The molecule has 2 rings (SSSR count). The second-order valence-corrected chi connectivity index (χ2v) is 9.46. The van der Waals surface area contributed by atoms with Crippen LogP contribution in [0.3, 0.4) is 0 Å². The molecule has 0 amide bonds. The molecule has 1 aromatic heterocycles. The molecule has 1 fully saturated rings. The van der Waals surface area contributed by atoms with Crippen molar-refractivity contribution in [1.29, 1.82) is 0 Å². The molecule has 9 heteroatoms. The van der Waals surface area contributed by atoms with Gasteiger partial charge in [-0.1, -0.05) is 32.6 Å². The first-order valence-electron chi connectivity index (χ1n) is 9.59. The van der Waals surface area contributed by atoms with E-state index in [1.807, 2.05) is 0 Å². The van der Waals surface area contributed by atoms with Crippen LogP contribution in [0.2, 0.25) is 0 Å². The molecule has 0 saturated heterocycles. The molecule has 8 nitrogen and oxygen atoms in total. The lowest BCUT2D eigenvalue weighted by Crippen LogP contribution is -2.32. The van der Waals surface area contributed by atoms with Gasteiger partial charge in [-0.3, -0.25) is 0 Å². The zero-order chi connectivity index (χ0) is 19.0. The number of hydrogen-bond acceptors (Lipinski definition) is 8. The van der Waals surface area contributed by atoms with E-state index in [9.17, 15) is 8.42 Å². The van der Waals surface area contributed by atoms with E-state index in [0.717, 1.165) is 25.8 Å². The molecule has 0 aromatic carbocycles. The SMILES string of the molecule is CCCCCCCNc1nc(N)nc(NC2CCC(S(C)(=O)=O)CC2)n1. The Hall–Kier alpha value is -1.64. The van der Waals surface area contributed by atoms with E-state index >= 15 is 0 Å². The number of nitrogens with zero attached hydrogens (tertiary/aromatic N) is 3. The molecule has 0 spiro atoms. The molecule has 1 aliphatic rings. The van der Waals surface area contributed by atoms with E-state index in [1.54, 1.807) is 0 Å². The molecule has 4 N–H and O–H groups in total. The molecule has 0 aliphatic heterocycles. The minimum atomic E-state index is -2.95. The van der Waals surface area contributed by atoms with E-state index in [1.165, 1.54) is 31.9 Å². The van der Waals surface area contributed by atoms with Crippen molar-refractivity contribution < 1.29 is 8.42 Å². The van der Waals surface area contributed by atoms with Crippen molar-refractivity contribution in [1.82, 2.24) is 15.0 Å². The molecule has 1 saturated carbocycles. The summed E-state index contributed by atoms with van der Waals surface area (Å²) in [5.74, 6) is 1.12. The third-order valence-corrected chi connectivity index (χ3v) is 6.51. The summed E-state index contributed by atoms with van der Waals surface area (Å²) in [5, 5.41) is 6.25. The van der Waals surface area contributed by atoms with Crippen LogP contribution in [-0.4, -0.2) is 47.5 Å². The summed E-state index contributed by atoms with van der Waals surface area (Å²) in [5.41, 5.74) is 5.79. The van der Waals surface area contributed by atoms with Gasteiger partial charge in [0.1, 0.15) is 9.84 Å². The molecule has 1 aliphatic carbocycles. The average Bonchev–Trinajstić information content (AvgIpc) is 2.57. The van der Waals surface area contributed by atoms with E-state index in [2.05, 4.69) is 32.5 Å². The molecule has 0 unspecified atom stereocenters. The average molecular weight is 385 g/mol. The second kappa shape index (κ2) is 9.89. The summed E-state index contributed by atoms with van der Waals surface area (Å²) in [4.78, 5) is 12.7. The van der Waals surface area contributed by atoms with Gasteiger partial charge in [0.05, 0.1) is 5.25 Å². The first-order chi connectivity index (χ1) is 12.4. The Balaban J connectivity index is 1.82. The maximum absolute atomic E-state index is 11.6. The zero-order valence-electron chi connectivity index (χ0n) is 15.9. The van der Waals surface area contributed by atoms with Gasteiger partial charge in [-0.15, -0.1) is 0 Å². The van der Waals surface area contributed by atoms with Gasteiger partial charge in [0.25, 0.3) is 0 Å². The van der Waals surface area contributed by atoms with Gasteiger partial charge in [-0.05, 0) is 32.1 Å². The fraction of sp³-hybridized carbons (Fsp3) is 0.824. The van der Waals surface area contributed by atoms with Gasteiger partial charge in [-0.25, -0.2) is 8.42 Å². The molecule has 26 heavy (non-hydrogen) atoms. The van der Waals surface area contributed by atoms with Crippen LogP contribution in [0.15, 0.2) is 0 Å². The van der Waals surface area contributed by atoms with Crippen molar-refractivity contribution in [3.05, 3.63) is 0 Å². The lowest BCUT2D eigenvalue weighted by molar-refractivity contribution is 0.452. The fourth-order valence-electron chi connectivity index (χ4n) is 3.28. The summed E-state index contributed by atoms with van der Waals surface area (Å²) >= 11 is 0. The largest absolute Gasteiger partial charge is 0.368 e. The highest BCUT2D eigenvalue weighted by Crippen LogP contribution is 2.25. The Labute approximate surface area is 156 Å². The van der Waals surface area contributed by atoms with Gasteiger partial charge in [0.15, 0.2) is 0 Å². The highest BCUT2D eigenvalue weighted by Gasteiger charge is 2.28. The molecule has 0 bridgehead atoms. The molecule has 1 aromatic rings. The van der Waals surface area contributed by atoms with E-state index in [0.29, 0.717) is 24.7 Å². The number of sulfone groups is 1.